The summed E-state index contributed by atoms with van der Waals surface area (Å²) in [5.41, 5.74) is 6.37. The summed E-state index contributed by atoms with van der Waals surface area (Å²) in [6.45, 7) is 2.91. The summed E-state index contributed by atoms with van der Waals surface area (Å²) in [5, 5.41) is 6.02. The summed E-state index contributed by atoms with van der Waals surface area (Å²) < 4.78 is 39.1. The summed E-state index contributed by atoms with van der Waals surface area (Å²) in [7, 11) is 0. The molecular weight excluding hydrogens is 518 g/mol. The maximum absolute atomic E-state index is 13.0. The number of hydrogen-bond acceptors (Lipinski definition) is 6. The van der Waals surface area contributed by atoms with Crippen LogP contribution in [0.5, 0.6) is 0 Å². The van der Waals surface area contributed by atoms with Crippen molar-refractivity contribution in [2.45, 2.75) is 12.7 Å². The lowest BCUT2D eigenvalue weighted by Gasteiger charge is -2.35. The first-order chi connectivity index (χ1) is 17.1. The van der Waals surface area contributed by atoms with E-state index in [4.69, 9.17) is 28.9 Å². The van der Waals surface area contributed by atoms with Crippen molar-refractivity contribution in [2.24, 2.45) is 0 Å². The van der Waals surface area contributed by atoms with Gasteiger partial charge in [-0.15, -0.1) is 0 Å². The first-order valence-corrected chi connectivity index (χ1v) is 11.6. The Morgan fingerprint density at radius 3 is 2.22 bits per heavy atom. The van der Waals surface area contributed by atoms with Gasteiger partial charge in [0.15, 0.2) is 5.69 Å². The molecule has 1 aliphatic rings. The molecule has 1 aromatic heterocycles. The molecule has 1 fully saturated rings. The van der Waals surface area contributed by atoms with Crippen molar-refractivity contribution in [2.75, 3.05) is 47.4 Å². The van der Waals surface area contributed by atoms with Crippen molar-refractivity contribution in [3.8, 4) is 0 Å². The van der Waals surface area contributed by atoms with Gasteiger partial charge < -0.3 is 21.3 Å². The van der Waals surface area contributed by atoms with Gasteiger partial charge in [0.25, 0.3) is 0 Å². The molecule has 1 aliphatic heterocycles. The second kappa shape index (κ2) is 10.8. The molecule has 4 rings (SSSR count). The van der Waals surface area contributed by atoms with E-state index < -0.39 is 23.8 Å². The van der Waals surface area contributed by atoms with E-state index in [1.165, 1.54) is 0 Å². The number of urea groups is 1. The minimum atomic E-state index is -4.59. The molecule has 13 heteroatoms. The second-order valence-electron chi connectivity index (χ2n) is 8.10. The number of carbonyl (C=O) groups is 1. The highest BCUT2D eigenvalue weighted by molar-refractivity contribution is 6.39. The number of nitrogens with zero attached hydrogens (tertiary/aromatic N) is 4. The molecule has 2 aromatic carbocycles. The summed E-state index contributed by atoms with van der Waals surface area (Å²) in [5.74, 6) is -0.235. The van der Waals surface area contributed by atoms with Gasteiger partial charge in [-0.2, -0.15) is 18.2 Å². The van der Waals surface area contributed by atoms with Crippen LogP contribution in [-0.2, 0) is 12.7 Å². The molecule has 2 amide bonds. The molecule has 0 unspecified atom stereocenters. The minimum absolute atomic E-state index is 0.168. The molecule has 0 atom stereocenters. The monoisotopic (exact) mass is 539 g/mol. The standard InChI is InChI=1S/C23H22Cl2F3N7O/c24-16-2-1-3-17(25)20(16)33-22(36)30-15-6-4-14(5-7-15)13-34-8-10-35(11-9-34)19-12-18(23(26,27)28)31-21(29)32-19/h1-7,12H,8-11,13H2,(H2,29,31,32)(H2,30,33,36). The van der Waals surface area contributed by atoms with Gasteiger partial charge >= 0.3 is 12.2 Å². The number of anilines is 4. The molecule has 1 saturated heterocycles. The van der Waals surface area contributed by atoms with Gasteiger partial charge in [0, 0.05) is 44.5 Å². The van der Waals surface area contributed by atoms with E-state index in [0.29, 0.717) is 54.1 Å². The summed E-state index contributed by atoms with van der Waals surface area (Å²) in [6, 6.07) is 12.7. The van der Waals surface area contributed by atoms with Crippen molar-refractivity contribution in [1.29, 1.82) is 0 Å². The minimum Gasteiger partial charge on any atom is -0.368 e. The molecule has 4 N–H and O–H groups in total. The Kier molecular flexibility index (Phi) is 7.72. The topological polar surface area (TPSA) is 99.4 Å². The van der Waals surface area contributed by atoms with E-state index in [1.54, 1.807) is 35.2 Å². The van der Waals surface area contributed by atoms with Gasteiger partial charge in [-0.05, 0) is 29.8 Å². The third-order valence-electron chi connectivity index (χ3n) is 5.54. The van der Waals surface area contributed by atoms with Gasteiger partial charge in [0.05, 0.1) is 15.7 Å². The van der Waals surface area contributed by atoms with Crippen molar-refractivity contribution in [1.82, 2.24) is 14.9 Å². The summed E-state index contributed by atoms with van der Waals surface area (Å²) in [6.07, 6.45) is -4.59. The largest absolute Gasteiger partial charge is 0.433 e. The van der Waals surface area contributed by atoms with Gasteiger partial charge in [0.1, 0.15) is 5.82 Å². The first kappa shape index (κ1) is 25.8. The fourth-order valence-corrected chi connectivity index (χ4v) is 4.23. The van der Waals surface area contributed by atoms with Crippen LogP contribution in [0.3, 0.4) is 0 Å². The molecule has 0 radical (unpaired) electrons. The molecular formula is C23H22Cl2F3N7O. The Bertz CT molecular complexity index is 1210. The number of rotatable bonds is 5. The predicted molar refractivity (Wildman–Crippen MR) is 134 cm³/mol. The van der Waals surface area contributed by atoms with E-state index in [0.717, 1.165) is 11.6 Å². The zero-order valence-corrected chi connectivity index (χ0v) is 20.3. The Morgan fingerprint density at radius 1 is 0.972 bits per heavy atom. The molecule has 36 heavy (non-hydrogen) atoms. The number of halogens is 5. The third-order valence-corrected chi connectivity index (χ3v) is 6.17. The van der Waals surface area contributed by atoms with Crippen molar-refractivity contribution in [3.63, 3.8) is 0 Å². The van der Waals surface area contributed by atoms with Crippen LogP contribution in [0.15, 0.2) is 48.5 Å². The van der Waals surface area contributed by atoms with Crippen LogP contribution in [-0.4, -0.2) is 47.1 Å². The van der Waals surface area contributed by atoms with Crippen molar-refractivity contribution < 1.29 is 18.0 Å². The number of aromatic nitrogens is 2. The highest BCUT2D eigenvalue weighted by Crippen LogP contribution is 2.31. The third kappa shape index (κ3) is 6.48. The van der Waals surface area contributed by atoms with E-state index in [9.17, 15) is 18.0 Å². The quantitative estimate of drug-likeness (QED) is 0.404. The number of benzene rings is 2. The average Bonchev–Trinajstić information content (AvgIpc) is 2.82. The van der Waals surface area contributed by atoms with E-state index >= 15 is 0 Å². The number of amides is 2. The molecule has 190 valence electrons. The lowest BCUT2D eigenvalue weighted by atomic mass is 10.1. The zero-order chi connectivity index (χ0) is 25.9. The Labute approximate surface area is 215 Å². The van der Waals surface area contributed by atoms with E-state index in [2.05, 4.69) is 25.5 Å². The van der Waals surface area contributed by atoms with Gasteiger partial charge in [-0.3, -0.25) is 4.90 Å². The van der Waals surface area contributed by atoms with Crippen LogP contribution in [0, 0.1) is 0 Å². The Morgan fingerprint density at radius 2 is 1.61 bits per heavy atom. The molecule has 0 spiro atoms. The normalized spacial score (nSPS) is 14.5. The number of carbonyl (C=O) groups excluding carboxylic acids is 1. The summed E-state index contributed by atoms with van der Waals surface area (Å²) >= 11 is 12.1. The fraction of sp³-hybridized carbons (Fsp3) is 0.261. The van der Waals surface area contributed by atoms with Gasteiger partial charge in [-0.25, -0.2) is 9.78 Å². The lowest BCUT2D eigenvalue weighted by Crippen LogP contribution is -2.46. The summed E-state index contributed by atoms with van der Waals surface area (Å²) in [4.78, 5) is 23.5. The van der Waals surface area contributed by atoms with Crippen LogP contribution in [0.2, 0.25) is 10.0 Å². The number of nitrogens with one attached hydrogen (secondary N) is 2. The van der Waals surface area contributed by atoms with Crippen LogP contribution in [0.1, 0.15) is 11.3 Å². The zero-order valence-electron chi connectivity index (χ0n) is 18.8. The Balaban J connectivity index is 1.29. The number of para-hydroxylation sites is 1. The van der Waals surface area contributed by atoms with Gasteiger partial charge in [0.2, 0.25) is 5.95 Å². The van der Waals surface area contributed by atoms with Crippen molar-refractivity contribution in [3.05, 3.63) is 69.8 Å². The number of hydrogen-bond donors (Lipinski definition) is 3. The second-order valence-corrected chi connectivity index (χ2v) is 8.92. The maximum atomic E-state index is 13.0. The fourth-order valence-electron chi connectivity index (χ4n) is 3.74. The smallest absolute Gasteiger partial charge is 0.368 e. The molecule has 2 heterocycles. The van der Waals surface area contributed by atoms with Crippen LogP contribution in [0.4, 0.5) is 41.1 Å². The molecule has 3 aromatic rings. The predicted octanol–water partition coefficient (Wildman–Crippen LogP) is 5.35. The van der Waals surface area contributed by atoms with Crippen molar-refractivity contribution >= 4 is 52.4 Å². The van der Waals surface area contributed by atoms with Gasteiger partial charge in [-0.1, -0.05) is 41.4 Å². The molecule has 8 nitrogen and oxygen atoms in total. The Hall–Kier alpha value is -3.28. The average molecular weight is 540 g/mol. The number of nitrogen functional groups attached to an aromatic ring is 1. The first-order valence-electron chi connectivity index (χ1n) is 10.9. The molecule has 0 aliphatic carbocycles. The van der Waals surface area contributed by atoms with E-state index in [1.807, 2.05) is 12.1 Å². The van der Waals surface area contributed by atoms with E-state index in [-0.39, 0.29) is 5.82 Å². The maximum Gasteiger partial charge on any atom is 0.433 e. The van der Waals surface area contributed by atoms with Crippen LogP contribution < -0.4 is 21.3 Å². The molecule has 0 saturated carbocycles. The highest BCUT2D eigenvalue weighted by Gasteiger charge is 2.34. The number of piperazine rings is 1. The lowest BCUT2D eigenvalue weighted by molar-refractivity contribution is -0.141. The molecule has 0 bridgehead atoms. The number of alkyl halides is 3. The highest BCUT2D eigenvalue weighted by atomic mass is 35.5. The SMILES string of the molecule is Nc1nc(N2CCN(Cc3ccc(NC(=O)Nc4c(Cl)cccc4Cl)cc3)CC2)cc(C(F)(F)F)n1. The van der Waals surface area contributed by atoms with Crippen LogP contribution in [0.25, 0.3) is 0 Å². The number of nitrogens with two attached hydrogens (primary N) is 1. The van der Waals surface area contributed by atoms with Crippen LogP contribution >= 0.6 is 23.2 Å².